The molecule has 2 rings (SSSR count). The molecule has 0 saturated carbocycles. The third-order valence-electron chi connectivity index (χ3n) is 2.97. The van der Waals surface area contributed by atoms with Crippen molar-refractivity contribution >= 4 is 9.84 Å². The summed E-state index contributed by atoms with van der Waals surface area (Å²) in [4.78, 5) is -0.723. The number of rotatable bonds is 4. The van der Waals surface area contributed by atoms with Crippen LogP contribution in [0.2, 0.25) is 0 Å². The lowest BCUT2D eigenvalue weighted by Gasteiger charge is -2.11. The summed E-state index contributed by atoms with van der Waals surface area (Å²) in [5.41, 5.74) is 0.514. The summed E-state index contributed by atoms with van der Waals surface area (Å²) in [6, 6.07) is 12.4. The van der Waals surface area contributed by atoms with E-state index in [4.69, 9.17) is 5.26 Å². The van der Waals surface area contributed by atoms with Crippen molar-refractivity contribution in [1.29, 1.82) is 5.26 Å². The van der Waals surface area contributed by atoms with Crippen LogP contribution in [0.25, 0.3) is 0 Å². The first-order valence-corrected chi connectivity index (χ1v) is 7.71. The van der Waals surface area contributed by atoms with E-state index in [1.54, 1.807) is 30.3 Å². The van der Waals surface area contributed by atoms with Crippen LogP contribution in [0, 0.1) is 23.0 Å². The Morgan fingerprint density at radius 1 is 1.10 bits per heavy atom. The summed E-state index contributed by atoms with van der Waals surface area (Å²) in [5.74, 6) is -3.42. The van der Waals surface area contributed by atoms with E-state index in [2.05, 4.69) is 0 Å². The second-order valence-electron chi connectivity index (χ2n) is 4.45. The van der Waals surface area contributed by atoms with E-state index in [-0.39, 0.29) is 0 Å². The molecule has 0 bridgehead atoms. The zero-order valence-corrected chi connectivity index (χ0v) is 11.6. The van der Waals surface area contributed by atoms with Gasteiger partial charge in [0, 0.05) is 0 Å². The van der Waals surface area contributed by atoms with Crippen molar-refractivity contribution in [1.82, 2.24) is 0 Å². The number of hydrogen-bond donors (Lipinski definition) is 0. The quantitative estimate of drug-likeness (QED) is 0.872. The van der Waals surface area contributed by atoms with Gasteiger partial charge in [-0.3, -0.25) is 0 Å². The van der Waals surface area contributed by atoms with Crippen LogP contribution in [0.4, 0.5) is 8.78 Å². The molecular formula is C15H11F2NO2S. The molecule has 3 nitrogen and oxygen atoms in total. The van der Waals surface area contributed by atoms with Crippen molar-refractivity contribution in [2.24, 2.45) is 0 Å². The molecule has 0 N–H and O–H groups in total. The van der Waals surface area contributed by atoms with Crippen LogP contribution in [0.5, 0.6) is 0 Å². The van der Waals surface area contributed by atoms with Gasteiger partial charge in [-0.1, -0.05) is 30.3 Å². The fourth-order valence-corrected chi connectivity index (χ4v) is 3.46. The molecule has 0 amide bonds. The molecule has 0 spiro atoms. The van der Waals surface area contributed by atoms with Gasteiger partial charge in [-0.2, -0.15) is 5.26 Å². The molecule has 0 aliphatic rings. The molecule has 0 fully saturated rings. The third-order valence-corrected chi connectivity index (χ3v) is 4.73. The first-order valence-electron chi connectivity index (χ1n) is 6.06. The molecule has 2 aromatic carbocycles. The molecule has 1 atom stereocenters. The SMILES string of the molecule is N#CC(CS(=O)(=O)c1cc(F)ccc1F)c1ccccc1. The molecule has 6 heteroatoms. The minimum Gasteiger partial charge on any atom is -0.224 e. The monoisotopic (exact) mass is 307 g/mol. The predicted molar refractivity (Wildman–Crippen MR) is 73.2 cm³/mol. The molecule has 1 unspecified atom stereocenters. The second-order valence-corrected chi connectivity index (χ2v) is 6.45. The standard InChI is InChI=1S/C15H11F2NO2S/c16-13-6-7-14(17)15(8-13)21(19,20)10-12(9-18)11-4-2-1-3-5-11/h1-8,12H,10H2. The molecule has 0 aliphatic carbocycles. The minimum absolute atomic E-state index is 0.514. The maximum absolute atomic E-state index is 13.6. The predicted octanol–water partition coefficient (Wildman–Crippen LogP) is 3.05. The van der Waals surface area contributed by atoms with E-state index < -0.39 is 38.0 Å². The first-order chi connectivity index (χ1) is 9.94. The van der Waals surface area contributed by atoms with Crippen LogP contribution >= 0.6 is 0 Å². The highest BCUT2D eigenvalue weighted by molar-refractivity contribution is 7.91. The molecule has 108 valence electrons. The van der Waals surface area contributed by atoms with E-state index >= 15 is 0 Å². The van der Waals surface area contributed by atoms with Crippen LogP contribution in [0.1, 0.15) is 11.5 Å². The van der Waals surface area contributed by atoms with Gasteiger partial charge < -0.3 is 0 Å². The number of hydrogen-bond acceptors (Lipinski definition) is 3. The largest absolute Gasteiger partial charge is 0.224 e. The van der Waals surface area contributed by atoms with E-state index in [0.717, 1.165) is 12.1 Å². The van der Waals surface area contributed by atoms with Crippen LogP contribution in [-0.2, 0) is 9.84 Å². The maximum Gasteiger partial charge on any atom is 0.183 e. The van der Waals surface area contributed by atoms with E-state index in [0.29, 0.717) is 11.6 Å². The molecule has 2 aromatic rings. The van der Waals surface area contributed by atoms with E-state index in [1.165, 1.54) is 0 Å². The average Bonchev–Trinajstić information content (AvgIpc) is 2.48. The fourth-order valence-electron chi connectivity index (χ4n) is 1.92. The minimum atomic E-state index is -4.11. The van der Waals surface area contributed by atoms with Crippen molar-refractivity contribution in [3.63, 3.8) is 0 Å². The highest BCUT2D eigenvalue weighted by Crippen LogP contribution is 2.23. The van der Waals surface area contributed by atoms with Gasteiger partial charge in [0.05, 0.1) is 17.7 Å². The van der Waals surface area contributed by atoms with E-state index in [1.807, 2.05) is 6.07 Å². The number of nitriles is 1. The number of nitrogens with zero attached hydrogens (tertiary/aromatic N) is 1. The lowest BCUT2D eigenvalue weighted by Crippen LogP contribution is -2.15. The van der Waals surface area contributed by atoms with Crippen LogP contribution < -0.4 is 0 Å². The van der Waals surface area contributed by atoms with Gasteiger partial charge in [0.25, 0.3) is 0 Å². The Balaban J connectivity index is 2.37. The number of benzene rings is 2. The lowest BCUT2D eigenvalue weighted by molar-refractivity contribution is 0.552. The molecule has 0 saturated heterocycles. The van der Waals surface area contributed by atoms with Gasteiger partial charge in [0.1, 0.15) is 16.5 Å². The van der Waals surface area contributed by atoms with Crippen LogP contribution in [0.15, 0.2) is 53.4 Å². The van der Waals surface area contributed by atoms with Crippen molar-refractivity contribution in [2.75, 3.05) is 5.75 Å². The molecule has 0 aromatic heterocycles. The zero-order chi connectivity index (χ0) is 15.5. The van der Waals surface area contributed by atoms with Gasteiger partial charge in [0.2, 0.25) is 0 Å². The average molecular weight is 307 g/mol. The fraction of sp³-hybridized carbons (Fsp3) is 0.133. The van der Waals surface area contributed by atoms with Crippen LogP contribution in [-0.4, -0.2) is 14.2 Å². The van der Waals surface area contributed by atoms with Gasteiger partial charge in [0.15, 0.2) is 9.84 Å². The summed E-state index contributed by atoms with van der Waals surface area (Å²) in [6.45, 7) is 0. The summed E-state index contributed by atoms with van der Waals surface area (Å²) in [6.07, 6.45) is 0. The third kappa shape index (κ3) is 3.44. The molecule has 21 heavy (non-hydrogen) atoms. The first kappa shape index (κ1) is 15.1. The normalized spacial score (nSPS) is 12.6. The zero-order valence-electron chi connectivity index (χ0n) is 10.8. The molecule has 0 aliphatic heterocycles. The van der Waals surface area contributed by atoms with Gasteiger partial charge >= 0.3 is 0 Å². The van der Waals surface area contributed by atoms with Gasteiger partial charge in [-0.15, -0.1) is 0 Å². The van der Waals surface area contributed by atoms with Gasteiger partial charge in [-0.05, 0) is 23.8 Å². The Morgan fingerprint density at radius 2 is 1.76 bits per heavy atom. The van der Waals surface area contributed by atoms with Crippen LogP contribution in [0.3, 0.4) is 0 Å². The number of sulfone groups is 1. The summed E-state index contributed by atoms with van der Waals surface area (Å²) >= 11 is 0. The lowest BCUT2D eigenvalue weighted by atomic mass is 10.0. The summed E-state index contributed by atoms with van der Waals surface area (Å²) in [7, 11) is -4.11. The Kier molecular flexibility index (Phi) is 4.34. The molecule has 0 radical (unpaired) electrons. The number of halogens is 2. The maximum atomic E-state index is 13.6. The topological polar surface area (TPSA) is 57.9 Å². The van der Waals surface area contributed by atoms with Crippen molar-refractivity contribution in [2.45, 2.75) is 10.8 Å². The van der Waals surface area contributed by atoms with E-state index in [9.17, 15) is 17.2 Å². The van der Waals surface area contributed by atoms with Crippen molar-refractivity contribution < 1.29 is 17.2 Å². The van der Waals surface area contributed by atoms with Crippen molar-refractivity contribution in [3.8, 4) is 6.07 Å². The Hall–Kier alpha value is -2.26. The highest BCUT2D eigenvalue weighted by atomic mass is 32.2. The van der Waals surface area contributed by atoms with Crippen molar-refractivity contribution in [3.05, 3.63) is 65.7 Å². The van der Waals surface area contributed by atoms with Gasteiger partial charge in [-0.25, -0.2) is 17.2 Å². The summed E-state index contributed by atoms with van der Waals surface area (Å²) < 4.78 is 51.1. The highest BCUT2D eigenvalue weighted by Gasteiger charge is 2.25. The summed E-state index contributed by atoms with van der Waals surface area (Å²) in [5, 5.41) is 9.13. The Morgan fingerprint density at radius 3 is 2.38 bits per heavy atom. The Bertz CT molecular complexity index is 783. The second kappa shape index (κ2) is 6.02. The molecule has 0 heterocycles. The smallest absolute Gasteiger partial charge is 0.183 e. The Labute approximate surface area is 121 Å². The molecular weight excluding hydrogens is 296 g/mol.